The van der Waals surface area contributed by atoms with Gasteiger partial charge in [0, 0.05) is 16.2 Å². The molecule has 0 amide bonds. The highest BCUT2D eigenvalue weighted by atomic mass is 79.9. The second kappa shape index (κ2) is 3.74. The third kappa shape index (κ3) is 1.87. The van der Waals surface area contributed by atoms with E-state index < -0.39 is 0 Å². The molecule has 1 aromatic rings. The van der Waals surface area contributed by atoms with Crippen molar-refractivity contribution < 1.29 is 0 Å². The number of nitrogen functional groups attached to an aromatic ring is 1. The Labute approximate surface area is 80.4 Å². The van der Waals surface area contributed by atoms with Crippen LogP contribution >= 0.6 is 15.9 Å². The van der Waals surface area contributed by atoms with Crippen LogP contribution in [-0.4, -0.2) is 0 Å². The lowest BCUT2D eigenvalue weighted by Crippen LogP contribution is -2.06. The van der Waals surface area contributed by atoms with Crippen molar-refractivity contribution in [2.24, 2.45) is 5.73 Å². The van der Waals surface area contributed by atoms with E-state index in [4.69, 9.17) is 11.5 Å². The largest absolute Gasteiger partial charge is 0.398 e. The van der Waals surface area contributed by atoms with Crippen LogP contribution in [0.5, 0.6) is 0 Å². The molecule has 12 heavy (non-hydrogen) atoms. The van der Waals surface area contributed by atoms with E-state index in [1.807, 2.05) is 18.2 Å². The molecule has 0 heterocycles. The summed E-state index contributed by atoms with van der Waals surface area (Å²) in [7, 11) is 0. The summed E-state index contributed by atoms with van der Waals surface area (Å²) in [5.41, 5.74) is 13.1. The third-order valence-electron chi connectivity index (χ3n) is 1.66. The van der Waals surface area contributed by atoms with Crippen molar-refractivity contribution >= 4 is 21.6 Å². The maximum atomic E-state index is 5.72. The first-order valence-corrected chi connectivity index (χ1v) is 4.37. The molecule has 0 aliphatic rings. The van der Waals surface area contributed by atoms with Gasteiger partial charge in [-0.15, -0.1) is 6.58 Å². The average Bonchev–Trinajstić information content (AvgIpc) is 2.08. The quantitative estimate of drug-likeness (QED) is 0.601. The molecule has 0 spiro atoms. The van der Waals surface area contributed by atoms with E-state index in [1.165, 1.54) is 0 Å². The zero-order valence-electron chi connectivity index (χ0n) is 6.63. The van der Waals surface area contributed by atoms with E-state index in [0.717, 1.165) is 10.0 Å². The second-order valence-corrected chi connectivity index (χ2v) is 3.40. The van der Waals surface area contributed by atoms with E-state index >= 15 is 0 Å². The van der Waals surface area contributed by atoms with Crippen LogP contribution in [0.25, 0.3) is 0 Å². The van der Waals surface area contributed by atoms with Crippen LogP contribution in [0.1, 0.15) is 11.6 Å². The Morgan fingerprint density at radius 1 is 1.50 bits per heavy atom. The Hall–Kier alpha value is -0.800. The highest BCUT2D eigenvalue weighted by Crippen LogP contribution is 2.22. The average molecular weight is 227 g/mol. The lowest BCUT2D eigenvalue weighted by molar-refractivity contribution is 0.915. The Balaban J connectivity index is 3.04. The van der Waals surface area contributed by atoms with Gasteiger partial charge in [-0.3, -0.25) is 0 Å². The molecule has 1 aromatic carbocycles. The number of anilines is 1. The number of benzene rings is 1. The fourth-order valence-corrected chi connectivity index (χ4v) is 1.15. The Kier molecular flexibility index (Phi) is 2.89. The maximum absolute atomic E-state index is 5.72. The zero-order chi connectivity index (χ0) is 9.14. The van der Waals surface area contributed by atoms with Gasteiger partial charge in [-0.25, -0.2) is 0 Å². The molecule has 1 atom stereocenters. The first-order valence-electron chi connectivity index (χ1n) is 3.58. The van der Waals surface area contributed by atoms with Gasteiger partial charge in [0.05, 0.1) is 0 Å². The van der Waals surface area contributed by atoms with Crippen LogP contribution in [0.3, 0.4) is 0 Å². The van der Waals surface area contributed by atoms with Crippen molar-refractivity contribution in [3.8, 4) is 0 Å². The molecular weight excluding hydrogens is 216 g/mol. The second-order valence-electron chi connectivity index (χ2n) is 2.54. The Bertz CT molecular complexity index is 297. The molecular formula is C9H11BrN2. The lowest BCUT2D eigenvalue weighted by Gasteiger charge is -2.07. The van der Waals surface area contributed by atoms with Crippen molar-refractivity contribution in [3.05, 3.63) is 40.9 Å². The zero-order valence-corrected chi connectivity index (χ0v) is 8.21. The van der Waals surface area contributed by atoms with Crippen LogP contribution in [0.15, 0.2) is 35.3 Å². The smallest absolute Gasteiger partial charge is 0.0479 e. The molecule has 0 aliphatic carbocycles. The van der Waals surface area contributed by atoms with Crippen LogP contribution < -0.4 is 11.5 Å². The standard InChI is InChI=1S/C9H11BrN2/c1-2-8(11)6-3-4-7(10)9(12)5-6/h2-5,8H,1,11-12H2/t8-/m1/s1. The molecule has 0 saturated heterocycles. The third-order valence-corrected chi connectivity index (χ3v) is 2.38. The first kappa shape index (κ1) is 9.29. The van der Waals surface area contributed by atoms with Gasteiger partial charge in [0.1, 0.15) is 0 Å². The topological polar surface area (TPSA) is 52.0 Å². The summed E-state index contributed by atoms with van der Waals surface area (Å²) in [5.74, 6) is 0. The number of rotatable bonds is 2. The molecule has 3 heteroatoms. The molecule has 1 rings (SSSR count). The minimum Gasteiger partial charge on any atom is -0.398 e. The summed E-state index contributed by atoms with van der Waals surface area (Å²) < 4.78 is 0.891. The first-order chi connectivity index (χ1) is 5.65. The van der Waals surface area contributed by atoms with Gasteiger partial charge in [0.15, 0.2) is 0 Å². The molecule has 0 fully saturated rings. The highest BCUT2D eigenvalue weighted by Gasteiger charge is 2.02. The van der Waals surface area contributed by atoms with E-state index in [2.05, 4.69) is 22.5 Å². The van der Waals surface area contributed by atoms with Gasteiger partial charge < -0.3 is 11.5 Å². The predicted octanol–water partition coefficient (Wildman–Crippen LogP) is 2.22. The molecule has 0 unspecified atom stereocenters. The van der Waals surface area contributed by atoms with Crippen LogP contribution in [0.4, 0.5) is 5.69 Å². The molecule has 0 saturated carbocycles. The van der Waals surface area contributed by atoms with Gasteiger partial charge in [-0.2, -0.15) is 0 Å². The van der Waals surface area contributed by atoms with Crippen LogP contribution in [0.2, 0.25) is 0 Å². The summed E-state index contributed by atoms with van der Waals surface area (Å²) >= 11 is 3.31. The molecule has 0 bridgehead atoms. The monoisotopic (exact) mass is 226 g/mol. The fraction of sp³-hybridized carbons (Fsp3) is 0.111. The maximum Gasteiger partial charge on any atom is 0.0479 e. The van der Waals surface area contributed by atoms with Gasteiger partial charge in [0.2, 0.25) is 0 Å². The van der Waals surface area contributed by atoms with Crippen molar-refractivity contribution in [1.29, 1.82) is 0 Å². The van der Waals surface area contributed by atoms with E-state index in [-0.39, 0.29) is 6.04 Å². The van der Waals surface area contributed by atoms with Gasteiger partial charge in [-0.1, -0.05) is 12.1 Å². The summed E-state index contributed by atoms with van der Waals surface area (Å²) in [6, 6.07) is 5.51. The Morgan fingerprint density at radius 2 is 2.17 bits per heavy atom. The summed E-state index contributed by atoms with van der Waals surface area (Å²) in [4.78, 5) is 0. The van der Waals surface area contributed by atoms with E-state index in [0.29, 0.717) is 5.69 Å². The molecule has 64 valence electrons. The SMILES string of the molecule is C=C[C@@H](N)c1ccc(Br)c(N)c1. The van der Waals surface area contributed by atoms with Gasteiger partial charge >= 0.3 is 0 Å². The van der Waals surface area contributed by atoms with E-state index in [1.54, 1.807) is 6.08 Å². The fourth-order valence-electron chi connectivity index (χ4n) is 0.906. The molecule has 0 aromatic heterocycles. The van der Waals surface area contributed by atoms with Crippen molar-refractivity contribution in [3.63, 3.8) is 0 Å². The lowest BCUT2D eigenvalue weighted by atomic mass is 10.1. The number of hydrogen-bond donors (Lipinski definition) is 2. The van der Waals surface area contributed by atoms with Gasteiger partial charge in [0.25, 0.3) is 0 Å². The van der Waals surface area contributed by atoms with Crippen molar-refractivity contribution in [2.75, 3.05) is 5.73 Å². The summed E-state index contributed by atoms with van der Waals surface area (Å²) in [6.45, 7) is 3.61. The predicted molar refractivity (Wildman–Crippen MR) is 55.7 cm³/mol. The highest BCUT2D eigenvalue weighted by molar-refractivity contribution is 9.10. The molecule has 0 aliphatic heterocycles. The van der Waals surface area contributed by atoms with Crippen LogP contribution in [0, 0.1) is 0 Å². The van der Waals surface area contributed by atoms with Crippen molar-refractivity contribution in [2.45, 2.75) is 6.04 Å². The molecule has 2 nitrogen and oxygen atoms in total. The number of nitrogens with two attached hydrogens (primary N) is 2. The summed E-state index contributed by atoms with van der Waals surface area (Å²) in [6.07, 6.45) is 1.68. The van der Waals surface area contributed by atoms with Gasteiger partial charge in [-0.05, 0) is 33.6 Å². The number of hydrogen-bond acceptors (Lipinski definition) is 2. The summed E-state index contributed by atoms with van der Waals surface area (Å²) in [5, 5.41) is 0. The normalized spacial score (nSPS) is 12.5. The Morgan fingerprint density at radius 3 is 2.67 bits per heavy atom. The number of halogens is 1. The van der Waals surface area contributed by atoms with Crippen molar-refractivity contribution in [1.82, 2.24) is 0 Å². The van der Waals surface area contributed by atoms with E-state index in [9.17, 15) is 0 Å². The van der Waals surface area contributed by atoms with Crippen LogP contribution in [-0.2, 0) is 0 Å². The minimum absolute atomic E-state index is 0.139. The molecule has 0 radical (unpaired) electrons. The minimum atomic E-state index is -0.139. The molecule has 4 N–H and O–H groups in total.